The van der Waals surface area contributed by atoms with Gasteiger partial charge >= 0.3 is 0 Å². The van der Waals surface area contributed by atoms with Crippen LogP contribution < -0.4 is 10.1 Å². The molecule has 0 aromatic heterocycles. The zero-order valence-corrected chi connectivity index (χ0v) is 13.1. The van der Waals surface area contributed by atoms with Gasteiger partial charge in [-0.2, -0.15) is 0 Å². The van der Waals surface area contributed by atoms with E-state index in [1.807, 2.05) is 18.2 Å². The van der Waals surface area contributed by atoms with Crippen molar-refractivity contribution in [2.24, 2.45) is 0 Å². The van der Waals surface area contributed by atoms with Crippen LogP contribution in [-0.4, -0.2) is 37.7 Å². The molecule has 0 spiro atoms. The van der Waals surface area contributed by atoms with Crippen LogP contribution in [0, 0.1) is 0 Å². The summed E-state index contributed by atoms with van der Waals surface area (Å²) in [5, 5.41) is 4.09. The summed E-state index contributed by atoms with van der Waals surface area (Å²) >= 11 is 6.05. The van der Waals surface area contributed by atoms with Crippen molar-refractivity contribution >= 4 is 11.6 Å². The first kappa shape index (κ1) is 15.6. The van der Waals surface area contributed by atoms with Gasteiger partial charge in [-0.05, 0) is 57.1 Å². The average Bonchev–Trinajstić information content (AvgIpc) is 2.96. The van der Waals surface area contributed by atoms with Crippen LogP contribution in [0.25, 0.3) is 0 Å². The molecule has 1 saturated heterocycles. The lowest BCUT2D eigenvalue weighted by Gasteiger charge is -2.16. The van der Waals surface area contributed by atoms with E-state index in [1.54, 1.807) is 0 Å². The number of ether oxygens (including phenoxy) is 1. The second kappa shape index (κ2) is 8.50. The van der Waals surface area contributed by atoms with Gasteiger partial charge in [0.2, 0.25) is 0 Å². The Balaban J connectivity index is 1.78. The number of benzene rings is 1. The van der Waals surface area contributed by atoms with E-state index < -0.39 is 0 Å². The van der Waals surface area contributed by atoms with Gasteiger partial charge < -0.3 is 15.0 Å². The largest absolute Gasteiger partial charge is 0.493 e. The number of hydrogen-bond donors (Lipinski definition) is 1. The van der Waals surface area contributed by atoms with E-state index in [2.05, 4.69) is 17.1 Å². The highest BCUT2D eigenvalue weighted by Crippen LogP contribution is 2.23. The minimum atomic E-state index is 0.766. The molecule has 1 aliphatic rings. The second-order valence-corrected chi connectivity index (χ2v) is 5.72. The van der Waals surface area contributed by atoms with E-state index in [0.717, 1.165) is 49.0 Å². The van der Waals surface area contributed by atoms with Gasteiger partial charge in [-0.15, -0.1) is 0 Å². The minimum absolute atomic E-state index is 0.766. The van der Waals surface area contributed by atoms with Gasteiger partial charge in [0.05, 0.1) is 6.61 Å². The summed E-state index contributed by atoms with van der Waals surface area (Å²) in [7, 11) is 0. The third kappa shape index (κ3) is 4.97. The smallest absolute Gasteiger partial charge is 0.123 e. The van der Waals surface area contributed by atoms with E-state index in [4.69, 9.17) is 16.3 Å². The number of halogens is 1. The van der Waals surface area contributed by atoms with Crippen molar-refractivity contribution in [2.45, 2.75) is 32.7 Å². The fourth-order valence-corrected chi connectivity index (χ4v) is 2.76. The number of rotatable bonds is 8. The second-order valence-electron chi connectivity index (χ2n) is 5.28. The van der Waals surface area contributed by atoms with E-state index in [9.17, 15) is 0 Å². The van der Waals surface area contributed by atoms with Crippen LogP contribution in [0.4, 0.5) is 0 Å². The molecule has 20 heavy (non-hydrogen) atoms. The van der Waals surface area contributed by atoms with Gasteiger partial charge in [-0.25, -0.2) is 0 Å². The Morgan fingerprint density at radius 1 is 1.30 bits per heavy atom. The summed E-state index contributed by atoms with van der Waals surface area (Å²) < 4.78 is 5.92. The Kier molecular flexibility index (Phi) is 6.64. The van der Waals surface area contributed by atoms with Gasteiger partial charge in [0.15, 0.2) is 0 Å². The fraction of sp³-hybridized carbons (Fsp3) is 0.625. The third-order valence-corrected chi connectivity index (χ3v) is 3.90. The summed E-state index contributed by atoms with van der Waals surface area (Å²) in [6, 6.07) is 5.86. The van der Waals surface area contributed by atoms with Crippen molar-refractivity contribution in [3.63, 3.8) is 0 Å². The standard InChI is InChI=1S/C16H25ClN2O/c1-2-18-13-14-12-15(17)6-7-16(14)20-11-5-10-19-8-3-4-9-19/h6-7,12,18H,2-5,8-11,13H2,1H3. The van der Waals surface area contributed by atoms with Crippen LogP contribution in [0.1, 0.15) is 31.7 Å². The number of nitrogens with one attached hydrogen (secondary N) is 1. The highest BCUT2D eigenvalue weighted by molar-refractivity contribution is 6.30. The summed E-state index contributed by atoms with van der Waals surface area (Å²) in [5.74, 6) is 0.955. The molecular formula is C16H25ClN2O. The fourth-order valence-electron chi connectivity index (χ4n) is 2.56. The van der Waals surface area contributed by atoms with Crippen LogP contribution in [0.15, 0.2) is 18.2 Å². The maximum Gasteiger partial charge on any atom is 0.123 e. The molecule has 1 heterocycles. The molecule has 1 N–H and O–H groups in total. The zero-order chi connectivity index (χ0) is 14.2. The van der Waals surface area contributed by atoms with Crippen molar-refractivity contribution in [1.82, 2.24) is 10.2 Å². The molecule has 0 unspecified atom stereocenters. The van der Waals surface area contributed by atoms with Gasteiger partial charge in [-0.3, -0.25) is 0 Å². The van der Waals surface area contributed by atoms with Gasteiger partial charge in [-0.1, -0.05) is 18.5 Å². The predicted octanol–water partition coefficient (Wildman–Crippen LogP) is 3.31. The van der Waals surface area contributed by atoms with Crippen LogP contribution in [0.3, 0.4) is 0 Å². The Labute approximate surface area is 127 Å². The molecular weight excluding hydrogens is 272 g/mol. The Bertz CT molecular complexity index is 405. The number of likely N-dealkylation sites (tertiary alicyclic amines) is 1. The monoisotopic (exact) mass is 296 g/mol. The molecule has 4 heteroatoms. The highest BCUT2D eigenvalue weighted by atomic mass is 35.5. The molecule has 1 fully saturated rings. The summed E-state index contributed by atoms with van der Waals surface area (Å²) in [5.41, 5.74) is 1.14. The maximum atomic E-state index is 6.05. The molecule has 1 aliphatic heterocycles. The van der Waals surface area contributed by atoms with Crippen molar-refractivity contribution < 1.29 is 4.74 Å². The van der Waals surface area contributed by atoms with E-state index in [0.29, 0.717) is 0 Å². The van der Waals surface area contributed by atoms with Crippen molar-refractivity contribution in [3.05, 3.63) is 28.8 Å². The summed E-state index contributed by atoms with van der Waals surface area (Å²) in [6.45, 7) is 8.28. The van der Waals surface area contributed by atoms with Crippen molar-refractivity contribution in [2.75, 3.05) is 32.8 Å². The van der Waals surface area contributed by atoms with E-state index in [1.165, 1.54) is 25.9 Å². The molecule has 3 nitrogen and oxygen atoms in total. The quantitative estimate of drug-likeness (QED) is 0.745. The van der Waals surface area contributed by atoms with Gasteiger partial charge in [0, 0.05) is 23.7 Å². The minimum Gasteiger partial charge on any atom is -0.493 e. The van der Waals surface area contributed by atoms with Gasteiger partial charge in [0.1, 0.15) is 5.75 Å². The first-order valence-electron chi connectivity index (χ1n) is 7.64. The van der Waals surface area contributed by atoms with E-state index in [-0.39, 0.29) is 0 Å². The zero-order valence-electron chi connectivity index (χ0n) is 12.3. The van der Waals surface area contributed by atoms with Crippen LogP contribution in [0.2, 0.25) is 5.02 Å². The number of nitrogens with zero attached hydrogens (tertiary/aromatic N) is 1. The summed E-state index contributed by atoms with van der Waals surface area (Å²) in [6.07, 6.45) is 3.79. The molecule has 2 rings (SSSR count). The SMILES string of the molecule is CCNCc1cc(Cl)ccc1OCCCN1CCCC1. The normalized spacial score (nSPS) is 15.7. The van der Waals surface area contributed by atoms with Crippen LogP contribution in [0.5, 0.6) is 5.75 Å². The third-order valence-electron chi connectivity index (χ3n) is 3.66. The first-order valence-corrected chi connectivity index (χ1v) is 8.01. The molecule has 0 aliphatic carbocycles. The molecule has 112 valence electrons. The lowest BCUT2D eigenvalue weighted by Crippen LogP contribution is -2.22. The molecule has 0 amide bonds. The Morgan fingerprint density at radius 3 is 2.85 bits per heavy atom. The lowest BCUT2D eigenvalue weighted by atomic mass is 10.2. The maximum absolute atomic E-state index is 6.05. The van der Waals surface area contributed by atoms with Gasteiger partial charge in [0.25, 0.3) is 0 Å². The van der Waals surface area contributed by atoms with Crippen LogP contribution >= 0.6 is 11.6 Å². The predicted molar refractivity (Wildman–Crippen MR) is 84.6 cm³/mol. The molecule has 0 saturated carbocycles. The molecule has 0 atom stereocenters. The highest BCUT2D eigenvalue weighted by Gasteiger charge is 2.10. The first-order chi connectivity index (χ1) is 9.79. The molecule has 1 aromatic rings. The number of hydrogen-bond acceptors (Lipinski definition) is 3. The molecule has 0 bridgehead atoms. The van der Waals surface area contributed by atoms with Crippen molar-refractivity contribution in [1.29, 1.82) is 0 Å². The topological polar surface area (TPSA) is 24.5 Å². The summed E-state index contributed by atoms with van der Waals surface area (Å²) in [4.78, 5) is 2.52. The van der Waals surface area contributed by atoms with Crippen LogP contribution in [-0.2, 0) is 6.54 Å². The molecule has 0 radical (unpaired) electrons. The molecule has 1 aromatic carbocycles. The van der Waals surface area contributed by atoms with E-state index >= 15 is 0 Å². The van der Waals surface area contributed by atoms with Crippen molar-refractivity contribution in [3.8, 4) is 5.75 Å². The Morgan fingerprint density at radius 2 is 2.10 bits per heavy atom. The average molecular weight is 297 g/mol. The Hall–Kier alpha value is -0.770. The lowest BCUT2D eigenvalue weighted by molar-refractivity contribution is 0.261.